The fraction of sp³-hybridized carbons (Fsp3) is 0.235. The van der Waals surface area contributed by atoms with Gasteiger partial charge in [-0.25, -0.2) is 4.68 Å². The van der Waals surface area contributed by atoms with Gasteiger partial charge in [0.1, 0.15) is 0 Å². The third-order valence-electron chi connectivity index (χ3n) is 3.56. The molecule has 0 radical (unpaired) electrons. The number of rotatable bonds is 7. The minimum Gasteiger partial charge on any atom is -0.395 e. The van der Waals surface area contributed by atoms with Crippen LogP contribution in [0.3, 0.4) is 0 Å². The van der Waals surface area contributed by atoms with Gasteiger partial charge in [0.15, 0.2) is 0 Å². The van der Waals surface area contributed by atoms with Crippen molar-refractivity contribution < 1.29 is 5.11 Å². The van der Waals surface area contributed by atoms with Crippen molar-refractivity contribution in [2.24, 2.45) is 0 Å². The molecule has 0 aliphatic heterocycles. The second-order valence-corrected chi connectivity index (χ2v) is 5.86. The van der Waals surface area contributed by atoms with Crippen LogP contribution >= 0.6 is 11.6 Å². The minimum atomic E-state index is 0.0889. The van der Waals surface area contributed by atoms with Gasteiger partial charge in [-0.1, -0.05) is 22.9 Å². The number of aliphatic hydroxyl groups is 1. The van der Waals surface area contributed by atoms with Gasteiger partial charge in [-0.15, -0.1) is 5.10 Å². The van der Waals surface area contributed by atoms with E-state index in [1.54, 1.807) is 10.9 Å². The quantitative estimate of drug-likeness (QED) is 0.713. The van der Waals surface area contributed by atoms with Crippen LogP contribution in [0.15, 0.2) is 55.0 Å². The largest absolute Gasteiger partial charge is 0.395 e. The van der Waals surface area contributed by atoms with Gasteiger partial charge < -0.3 is 5.11 Å². The number of aliphatic hydroxyl groups excluding tert-OH is 1. The monoisotopic (exact) mass is 343 g/mol. The van der Waals surface area contributed by atoms with Crippen molar-refractivity contribution in [2.45, 2.75) is 13.1 Å². The third-order valence-corrected chi connectivity index (χ3v) is 3.81. The summed E-state index contributed by atoms with van der Waals surface area (Å²) in [5.74, 6) is 0. The zero-order valence-electron chi connectivity index (χ0n) is 13.1. The average molecular weight is 344 g/mol. The van der Waals surface area contributed by atoms with Gasteiger partial charge >= 0.3 is 0 Å². The lowest BCUT2D eigenvalue weighted by atomic mass is 10.2. The number of hydrogen-bond donors (Lipinski definition) is 1. The predicted octanol–water partition coefficient (Wildman–Crippen LogP) is 2.31. The molecule has 2 heterocycles. The molecular formula is C17H18ClN5O. The highest BCUT2D eigenvalue weighted by molar-refractivity contribution is 6.30. The molecule has 124 valence electrons. The number of aromatic nitrogens is 4. The summed E-state index contributed by atoms with van der Waals surface area (Å²) in [5, 5.41) is 18.4. The van der Waals surface area contributed by atoms with Gasteiger partial charge in [0.2, 0.25) is 0 Å². The van der Waals surface area contributed by atoms with E-state index < -0.39 is 0 Å². The first-order chi connectivity index (χ1) is 11.7. The highest BCUT2D eigenvalue weighted by atomic mass is 35.5. The summed E-state index contributed by atoms with van der Waals surface area (Å²) in [6, 6.07) is 11.3. The summed E-state index contributed by atoms with van der Waals surface area (Å²) in [5.41, 5.74) is 2.83. The van der Waals surface area contributed by atoms with Crippen LogP contribution in [0.5, 0.6) is 0 Å². The van der Waals surface area contributed by atoms with E-state index in [0.29, 0.717) is 24.7 Å². The summed E-state index contributed by atoms with van der Waals surface area (Å²) >= 11 is 5.90. The molecule has 2 aromatic heterocycles. The normalized spacial score (nSPS) is 11.1. The Morgan fingerprint density at radius 2 is 1.96 bits per heavy atom. The van der Waals surface area contributed by atoms with Crippen LogP contribution in [-0.2, 0) is 13.1 Å². The van der Waals surface area contributed by atoms with Crippen molar-refractivity contribution >= 4 is 11.6 Å². The van der Waals surface area contributed by atoms with Crippen LogP contribution in [0.25, 0.3) is 5.69 Å². The van der Waals surface area contributed by atoms with E-state index in [9.17, 15) is 5.11 Å². The molecule has 1 N–H and O–H groups in total. The Hall–Kier alpha value is -2.28. The lowest BCUT2D eigenvalue weighted by molar-refractivity contribution is 0.182. The SMILES string of the molecule is OCCN(Cc1cccnc1)Cc1cn(-c2ccc(Cl)cc2)nn1. The molecule has 0 aliphatic carbocycles. The first kappa shape index (κ1) is 16.6. The van der Waals surface area contributed by atoms with E-state index in [2.05, 4.69) is 20.2 Å². The molecule has 24 heavy (non-hydrogen) atoms. The topological polar surface area (TPSA) is 67.1 Å². The Balaban J connectivity index is 1.70. The molecule has 3 rings (SSSR count). The van der Waals surface area contributed by atoms with Crippen LogP contribution in [-0.4, -0.2) is 43.1 Å². The summed E-state index contributed by atoms with van der Waals surface area (Å²) in [7, 11) is 0. The van der Waals surface area contributed by atoms with Crippen LogP contribution in [0, 0.1) is 0 Å². The molecule has 0 bridgehead atoms. The Bertz CT molecular complexity index is 760. The molecule has 0 atom stereocenters. The van der Waals surface area contributed by atoms with Crippen LogP contribution in [0.4, 0.5) is 0 Å². The molecule has 3 aromatic rings. The van der Waals surface area contributed by atoms with Crippen molar-refractivity contribution in [3.8, 4) is 5.69 Å². The number of hydrogen-bond acceptors (Lipinski definition) is 5. The second kappa shape index (κ2) is 8.01. The van der Waals surface area contributed by atoms with Crippen LogP contribution in [0.2, 0.25) is 5.02 Å². The Labute approximate surface area is 145 Å². The molecule has 0 saturated heterocycles. The van der Waals surface area contributed by atoms with Gasteiger partial charge in [0.25, 0.3) is 0 Å². The van der Waals surface area contributed by atoms with E-state index >= 15 is 0 Å². The molecule has 0 aliphatic rings. The van der Waals surface area contributed by atoms with Gasteiger partial charge in [0.05, 0.1) is 24.2 Å². The van der Waals surface area contributed by atoms with Gasteiger partial charge in [0, 0.05) is 37.1 Å². The molecule has 6 nitrogen and oxygen atoms in total. The Morgan fingerprint density at radius 3 is 2.67 bits per heavy atom. The van der Waals surface area contributed by atoms with E-state index in [1.165, 1.54) is 0 Å². The zero-order valence-corrected chi connectivity index (χ0v) is 13.8. The van der Waals surface area contributed by atoms with Crippen LogP contribution < -0.4 is 0 Å². The first-order valence-corrected chi connectivity index (χ1v) is 8.01. The van der Waals surface area contributed by atoms with Crippen molar-refractivity contribution in [3.05, 3.63) is 71.3 Å². The van der Waals surface area contributed by atoms with E-state index in [-0.39, 0.29) is 6.61 Å². The van der Waals surface area contributed by atoms with Crippen molar-refractivity contribution in [1.29, 1.82) is 0 Å². The lowest BCUT2D eigenvalue weighted by Gasteiger charge is -2.19. The molecule has 0 saturated carbocycles. The summed E-state index contributed by atoms with van der Waals surface area (Å²) < 4.78 is 1.72. The van der Waals surface area contributed by atoms with E-state index in [1.807, 2.05) is 48.8 Å². The second-order valence-electron chi connectivity index (χ2n) is 5.43. The maximum Gasteiger partial charge on any atom is 0.0971 e. The smallest absolute Gasteiger partial charge is 0.0971 e. The highest BCUT2D eigenvalue weighted by Crippen LogP contribution is 2.13. The Kier molecular flexibility index (Phi) is 5.53. The molecule has 7 heteroatoms. The third kappa shape index (κ3) is 4.38. The number of benzene rings is 1. The van der Waals surface area contributed by atoms with Crippen molar-refractivity contribution in [1.82, 2.24) is 24.9 Å². The summed E-state index contributed by atoms with van der Waals surface area (Å²) in [4.78, 5) is 6.23. The fourth-order valence-corrected chi connectivity index (χ4v) is 2.55. The molecular weight excluding hydrogens is 326 g/mol. The molecule has 0 amide bonds. The molecule has 1 aromatic carbocycles. The molecule has 0 unspecified atom stereocenters. The molecule has 0 fully saturated rings. The minimum absolute atomic E-state index is 0.0889. The van der Waals surface area contributed by atoms with E-state index in [4.69, 9.17) is 11.6 Å². The summed E-state index contributed by atoms with van der Waals surface area (Å²) in [6.07, 6.45) is 5.46. The van der Waals surface area contributed by atoms with Gasteiger partial charge in [-0.2, -0.15) is 0 Å². The zero-order chi connectivity index (χ0) is 16.8. The van der Waals surface area contributed by atoms with E-state index in [0.717, 1.165) is 16.9 Å². The van der Waals surface area contributed by atoms with Crippen molar-refractivity contribution in [3.63, 3.8) is 0 Å². The highest BCUT2D eigenvalue weighted by Gasteiger charge is 2.10. The number of halogens is 1. The van der Waals surface area contributed by atoms with Crippen LogP contribution in [0.1, 0.15) is 11.3 Å². The number of pyridine rings is 1. The maximum atomic E-state index is 9.29. The standard InChI is InChI=1S/C17H18ClN5O/c18-15-3-5-17(6-4-15)23-13-16(20-21-23)12-22(8-9-24)11-14-2-1-7-19-10-14/h1-7,10,13,24H,8-9,11-12H2. The lowest BCUT2D eigenvalue weighted by Crippen LogP contribution is -2.26. The Morgan fingerprint density at radius 1 is 1.12 bits per heavy atom. The maximum absolute atomic E-state index is 9.29. The molecule has 0 spiro atoms. The first-order valence-electron chi connectivity index (χ1n) is 7.64. The van der Waals surface area contributed by atoms with Gasteiger partial charge in [-0.05, 0) is 35.9 Å². The van der Waals surface area contributed by atoms with Gasteiger partial charge in [-0.3, -0.25) is 9.88 Å². The average Bonchev–Trinajstić information content (AvgIpc) is 3.05. The fourth-order valence-electron chi connectivity index (χ4n) is 2.43. The van der Waals surface area contributed by atoms with Crippen molar-refractivity contribution in [2.75, 3.05) is 13.2 Å². The summed E-state index contributed by atoms with van der Waals surface area (Å²) in [6.45, 7) is 1.94. The number of nitrogens with zero attached hydrogens (tertiary/aromatic N) is 5. The predicted molar refractivity (Wildman–Crippen MR) is 91.8 cm³/mol.